The fourth-order valence-corrected chi connectivity index (χ4v) is 1.50. The zero-order valence-electron chi connectivity index (χ0n) is 9.91. The summed E-state index contributed by atoms with van der Waals surface area (Å²) in [4.78, 5) is 14.2. The summed E-state index contributed by atoms with van der Waals surface area (Å²) in [6.45, 7) is 1.56. The van der Waals surface area contributed by atoms with Crippen molar-refractivity contribution in [2.45, 2.75) is 25.1 Å². The second-order valence-corrected chi connectivity index (χ2v) is 4.01. The maximum absolute atomic E-state index is 12.3. The van der Waals surface area contributed by atoms with Gasteiger partial charge in [-0.05, 0) is 13.0 Å². The fourth-order valence-electron chi connectivity index (χ4n) is 1.50. The smallest absolute Gasteiger partial charge is 0.373 e. The molecule has 0 radical (unpaired) electrons. The van der Waals surface area contributed by atoms with Crippen molar-refractivity contribution in [3.05, 3.63) is 29.6 Å². The summed E-state index contributed by atoms with van der Waals surface area (Å²) < 4.78 is 42.2. The van der Waals surface area contributed by atoms with Crippen LogP contribution in [0.15, 0.2) is 18.3 Å². The number of nitrogens with zero attached hydrogens (tertiary/aromatic N) is 1. The van der Waals surface area contributed by atoms with Crippen LogP contribution >= 0.6 is 0 Å². The van der Waals surface area contributed by atoms with Gasteiger partial charge in [-0.3, -0.25) is 9.78 Å². The maximum Gasteiger partial charge on any atom is 0.433 e. The minimum absolute atomic E-state index is 0.142. The summed E-state index contributed by atoms with van der Waals surface area (Å²) in [7, 11) is 1.35. The van der Waals surface area contributed by atoms with Crippen molar-refractivity contribution in [3.63, 3.8) is 0 Å². The van der Waals surface area contributed by atoms with Gasteiger partial charge in [-0.25, -0.2) is 0 Å². The minimum atomic E-state index is -4.49. The number of aromatic nitrogens is 1. The normalized spacial score (nSPS) is 15.2. The Bertz CT molecular complexity index is 431. The van der Waals surface area contributed by atoms with E-state index in [2.05, 4.69) is 4.98 Å². The molecule has 1 amide bonds. The summed E-state index contributed by atoms with van der Waals surface area (Å²) in [6.07, 6.45) is -3.60. The second kappa shape index (κ2) is 4.93. The molecule has 1 aromatic rings. The molecular weight excluding hydrogens is 249 g/mol. The fraction of sp³-hybridized carbons (Fsp3) is 0.455. The van der Waals surface area contributed by atoms with Crippen molar-refractivity contribution in [1.82, 2.24) is 4.98 Å². The van der Waals surface area contributed by atoms with Crippen LogP contribution in [-0.4, -0.2) is 18.0 Å². The Labute approximate surface area is 102 Å². The Balaban J connectivity index is 3.06. The highest BCUT2D eigenvalue weighted by atomic mass is 19.4. The minimum Gasteiger partial charge on any atom is -0.373 e. The van der Waals surface area contributed by atoms with Crippen LogP contribution < -0.4 is 5.73 Å². The molecule has 1 aromatic heterocycles. The number of amides is 1. The molecule has 100 valence electrons. The molecule has 2 N–H and O–H groups in total. The number of carbonyl (C=O) groups excluding carboxylic acids is 1. The first-order chi connectivity index (χ1) is 8.19. The Kier molecular flexibility index (Phi) is 3.95. The third-order valence-electron chi connectivity index (χ3n) is 2.63. The second-order valence-electron chi connectivity index (χ2n) is 4.01. The first-order valence-electron chi connectivity index (χ1n) is 5.06. The third kappa shape index (κ3) is 3.19. The Morgan fingerprint density at radius 3 is 2.39 bits per heavy atom. The lowest BCUT2D eigenvalue weighted by molar-refractivity contribution is -0.141. The number of primary amides is 1. The van der Waals surface area contributed by atoms with Gasteiger partial charge in [-0.2, -0.15) is 13.2 Å². The van der Waals surface area contributed by atoms with Gasteiger partial charge in [0.2, 0.25) is 5.91 Å². The molecule has 1 heterocycles. The molecule has 18 heavy (non-hydrogen) atoms. The van der Waals surface area contributed by atoms with Crippen LogP contribution in [0.3, 0.4) is 0 Å². The lowest BCUT2D eigenvalue weighted by Crippen LogP contribution is -2.31. The van der Waals surface area contributed by atoms with Crippen molar-refractivity contribution in [2.24, 2.45) is 5.73 Å². The van der Waals surface area contributed by atoms with Crippen molar-refractivity contribution in [1.29, 1.82) is 0 Å². The molecule has 0 bridgehead atoms. The molecule has 1 atom stereocenters. The molecule has 7 heteroatoms. The summed E-state index contributed by atoms with van der Waals surface area (Å²) in [5.41, 5.74) is 3.35. The van der Waals surface area contributed by atoms with Gasteiger partial charge >= 0.3 is 6.18 Å². The van der Waals surface area contributed by atoms with E-state index in [9.17, 15) is 18.0 Å². The summed E-state index contributed by atoms with van der Waals surface area (Å²) >= 11 is 0. The number of pyridine rings is 1. The Morgan fingerprint density at radius 1 is 1.44 bits per heavy atom. The SMILES string of the molecule is COC(C)(CC(N)=O)c1ccc(C(F)(F)F)nc1. The Morgan fingerprint density at radius 2 is 2.06 bits per heavy atom. The number of methoxy groups -OCH3 is 1. The van der Waals surface area contributed by atoms with E-state index in [1.165, 1.54) is 13.2 Å². The van der Waals surface area contributed by atoms with E-state index in [4.69, 9.17) is 10.5 Å². The quantitative estimate of drug-likeness (QED) is 0.900. The standard InChI is InChI=1S/C11H13F3N2O2/c1-10(18-2,5-9(15)17)7-3-4-8(16-6-7)11(12,13)14/h3-4,6H,5H2,1-2H3,(H2,15,17). The molecule has 4 nitrogen and oxygen atoms in total. The number of hydrogen-bond acceptors (Lipinski definition) is 3. The molecule has 0 aromatic carbocycles. The average molecular weight is 262 g/mol. The average Bonchev–Trinajstić information content (AvgIpc) is 2.27. The van der Waals surface area contributed by atoms with Gasteiger partial charge in [0, 0.05) is 18.9 Å². The number of rotatable bonds is 4. The lowest BCUT2D eigenvalue weighted by atomic mass is 9.93. The first kappa shape index (κ1) is 14.4. The van der Waals surface area contributed by atoms with Crippen LogP contribution in [0.25, 0.3) is 0 Å². The molecule has 1 rings (SSSR count). The van der Waals surface area contributed by atoms with E-state index in [0.717, 1.165) is 12.3 Å². The zero-order valence-corrected chi connectivity index (χ0v) is 9.91. The molecule has 0 saturated heterocycles. The lowest BCUT2D eigenvalue weighted by Gasteiger charge is -2.27. The molecule has 0 saturated carbocycles. The van der Waals surface area contributed by atoms with E-state index in [1.54, 1.807) is 6.92 Å². The van der Waals surface area contributed by atoms with Crippen LogP contribution in [0.4, 0.5) is 13.2 Å². The topological polar surface area (TPSA) is 65.2 Å². The number of halogens is 3. The van der Waals surface area contributed by atoms with Crippen LogP contribution in [0.1, 0.15) is 24.6 Å². The van der Waals surface area contributed by atoms with Crippen molar-refractivity contribution in [2.75, 3.05) is 7.11 Å². The van der Waals surface area contributed by atoms with E-state index in [1.807, 2.05) is 0 Å². The van der Waals surface area contributed by atoms with Crippen LogP contribution in [0.2, 0.25) is 0 Å². The van der Waals surface area contributed by atoms with Gasteiger partial charge in [-0.1, -0.05) is 6.07 Å². The zero-order chi connectivity index (χ0) is 14.0. The summed E-state index contributed by atoms with van der Waals surface area (Å²) in [5.74, 6) is -0.612. The number of nitrogens with two attached hydrogens (primary N) is 1. The molecule has 0 spiro atoms. The highest BCUT2D eigenvalue weighted by molar-refractivity contribution is 5.75. The summed E-state index contributed by atoms with van der Waals surface area (Å²) in [6, 6.07) is 2.07. The van der Waals surface area contributed by atoms with Gasteiger partial charge in [0.15, 0.2) is 0 Å². The molecule has 0 fully saturated rings. The largest absolute Gasteiger partial charge is 0.433 e. The van der Waals surface area contributed by atoms with Gasteiger partial charge in [0.1, 0.15) is 11.3 Å². The third-order valence-corrected chi connectivity index (χ3v) is 2.63. The van der Waals surface area contributed by atoms with E-state index in [-0.39, 0.29) is 6.42 Å². The van der Waals surface area contributed by atoms with Gasteiger partial charge in [0.25, 0.3) is 0 Å². The molecule has 1 unspecified atom stereocenters. The number of ether oxygens (including phenoxy) is 1. The van der Waals surface area contributed by atoms with Crippen LogP contribution in [0, 0.1) is 0 Å². The maximum atomic E-state index is 12.3. The van der Waals surface area contributed by atoms with Crippen LogP contribution in [-0.2, 0) is 21.3 Å². The van der Waals surface area contributed by atoms with Crippen LogP contribution in [0.5, 0.6) is 0 Å². The predicted molar refractivity (Wildman–Crippen MR) is 57.4 cm³/mol. The number of alkyl halides is 3. The molecule has 0 aliphatic rings. The molecule has 0 aliphatic heterocycles. The Hall–Kier alpha value is -1.63. The van der Waals surface area contributed by atoms with Gasteiger partial charge < -0.3 is 10.5 Å². The van der Waals surface area contributed by atoms with Crippen molar-refractivity contribution in [3.8, 4) is 0 Å². The highest BCUT2D eigenvalue weighted by Gasteiger charge is 2.34. The van der Waals surface area contributed by atoms with Crippen molar-refractivity contribution >= 4 is 5.91 Å². The van der Waals surface area contributed by atoms with E-state index < -0.39 is 23.4 Å². The van der Waals surface area contributed by atoms with E-state index >= 15 is 0 Å². The molecule has 0 aliphatic carbocycles. The first-order valence-corrected chi connectivity index (χ1v) is 5.06. The number of carbonyl (C=O) groups is 1. The van der Waals surface area contributed by atoms with Gasteiger partial charge in [0.05, 0.1) is 6.42 Å². The monoisotopic (exact) mass is 262 g/mol. The van der Waals surface area contributed by atoms with Crippen molar-refractivity contribution < 1.29 is 22.7 Å². The predicted octanol–water partition coefficient (Wildman–Crippen LogP) is 1.84. The highest BCUT2D eigenvalue weighted by Crippen LogP contribution is 2.31. The summed E-state index contributed by atoms with van der Waals surface area (Å²) in [5, 5.41) is 0. The number of hydrogen-bond donors (Lipinski definition) is 1. The molecular formula is C11H13F3N2O2. The van der Waals surface area contributed by atoms with E-state index in [0.29, 0.717) is 5.56 Å². The van der Waals surface area contributed by atoms with Gasteiger partial charge in [-0.15, -0.1) is 0 Å².